The molecular formula is C13H16ClFN2OS. The van der Waals surface area contributed by atoms with Gasteiger partial charge in [0.1, 0.15) is 5.82 Å². The summed E-state index contributed by atoms with van der Waals surface area (Å²) in [6.45, 7) is 4.05. The molecule has 0 saturated carbocycles. The van der Waals surface area contributed by atoms with Crippen molar-refractivity contribution >= 4 is 34.7 Å². The fourth-order valence-electron chi connectivity index (χ4n) is 1.64. The molecule has 6 heteroatoms. The number of hydrogen-bond acceptors (Lipinski definition) is 2. The molecule has 0 atom stereocenters. The van der Waals surface area contributed by atoms with Crippen molar-refractivity contribution in [1.82, 2.24) is 4.90 Å². The third kappa shape index (κ3) is 4.44. The van der Waals surface area contributed by atoms with Crippen LogP contribution in [0, 0.1) is 5.82 Å². The summed E-state index contributed by atoms with van der Waals surface area (Å²) in [4.78, 5) is 14.2. The summed E-state index contributed by atoms with van der Waals surface area (Å²) in [7, 11) is 0. The topological polar surface area (TPSA) is 46.3 Å². The van der Waals surface area contributed by atoms with Gasteiger partial charge in [0.2, 0.25) is 0 Å². The summed E-state index contributed by atoms with van der Waals surface area (Å²) in [5.74, 6) is -0.998. The molecule has 0 aliphatic carbocycles. The van der Waals surface area contributed by atoms with Gasteiger partial charge < -0.3 is 10.6 Å². The molecule has 0 aromatic heterocycles. The third-order valence-corrected chi connectivity index (χ3v) is 3.08. The molecule has 0 fully saturated rings. The zero-order valence-electron chi connectivity index (χ0n) is 10.8. The van der Waals surface area contributed by atoms with Crippen molar-refractivity contribution in [2.45, 2.75) is 26.3 Å². The van der Waals surface area contributed by atoms with E-state index in [0.717, 1.165) is 0 Å². The normalized spacial score (nSPS) is 10.6. The summed E-state index contributed by atoms with van der Waals surface area (Å²) in [6, 6.07) is 3.83. The second-order valence-electron chi connectivity index (χ2n) is 4.43. The highest BCUT2D eigenvalue weighted by molar-refractivity contribution is 7.80. The lowest BCUT2D eigenvalue weighted by atomic mass is 10.1. The smallest absolute Gasteiger partial charge is 0.257 e. The minimum Gasteiger partial charge on any atom is -0.393 e. The monoisotopic (exact) mass is 302 g/mol. The number of nitrogens with zero attached hydrogens (tertiary/aromatic N) is 1. The Hall–Kier alpha value is -1.20. The Morgan fingerprint density at radius 2 is 2.16 bits per heavy atom. The average molecular weight is 303 g/mol. The van der Waals surface area contributed by atoms with Gasteiger partial charge in [0, 0.05) is 24.0 Å². The van der Waals surface area contributed by atoms with E-state index in [1.807, 2.05) is 13.8 Å². The fourth-order valence-corrected chi connectivity index (χ4v) is 1.90. The van der Waals surface area contributed by atoms with E-state index < -0.39 is 11.7 Å². The van der Waals surface area contributed by atoms with Crippen LogP contribution in [0.2, 0.25) is 5.02 Å². The highest BCUT2D eigenvalue weighted by Gasteiger charge is 2.21. The van der Waals surface area contributed by atoms with Gasteiger partial charge in [-0.05, 0) is 32.0 Å². The molecule has 1 aromatic carbocycles. The van der Waals surface area contributed by atoms with E-state index in [9.17, 15) is 9.18 Å². The zero-order valence-corrected chi connectivity index (χ0v) is 12.4. The quantitative estimate of drug-likeness (QED) is 0.851. The van der Waals surface area contributed by atoms with Crippen molar-refractivity contribution in [2.75, 3.05) is 6.54 Å². The number of rotatable bonds is 5. The van der Waals surface area contributed by atoms with Crippen LogP contribution in [0.25, 0.3) is 0 Å². The predicted octanol–water partition coefficient (Wildman–Crippen LogP) is 3.01. The Balaban J connectivity index is 2.99. The van der Waals surface area contributed by atoms with Crippen molar-refractivity contribution in [1.29, 1.82) is 0 Å². The highest BCUT2D eigenvalue weighted by atomic mass is 35.5. The minimum atomic E-state index is -0.588. The first-order valence-corrected chi connectivity index (χ1v) is 6.66. The van der Waals surface area contributed by atoms with E-state index in [1.54, 1.807) is 0 Å². The number of carbonyl (C=O) groups is 1. The number of benzene rings is 1. The fraction of sp³-hybridized carbons (Fsp3) is 0.385. The molecule has 2 N–H and O–H groups in total. The number of thiocarbonyl (C=S) groups is 1. The SMILES string of the molecule is CC(C)N(CCC(N)=S)C(=O)c1cc(Cl)ccc1F. The van der Waals surface area contributed by atoms with Gasteiger partial charge in [0.25, 0.3) is 5.91 Å². The molecule has 0 saturated heterocycles. The first-order chi connectivity index (χ1) is 8.82. The van der Waals surface area contributed by atoms with Crippen LogP contribution in [0.15, 0.2) is 18.2 Å². The van der Waals surface area contributed by atoms with Crippen LogP contribution in [0.5, 0.6) is 0 Å². The third-order valence-electron chi connectivity index (χ3n) is 2.64. The van der Waals surface area contributed by atoms with Gasteiger partial charge in [-0.2, -0.15) is 0 Å². The van der Waals surface area contributed by atoms with Crippen LogP contribution in [-0.2, 0) is 0 Å². The zero-order chi connectivity index (χ0) is 14.6. The number of carbonyl (C=O) groups excluding carboxylic acids is 1. The lowest BCUT2D eigenvalue weighted by Crippen LogP contribution is -2.39. The number of halogens is 2. The summed E-state index contributed by atoms with van der Waals surface area (Å²) >= 11 is 10.6. The molecule has 0 aliphatic rings. The van der Waals surface area contributed by atoms with E-state index in [-0.39, 0.29) is 11.6 Å². The standard InChI is InChI=1S/C13H16ClFN2OS/c1-8(2)17(6-5-12(16)19)13(18)10-7-9(14)3-4-11(10)15/h3-4,7-8H,5-6H2,1-2H3,(H2,16,19). The molecule has 0 aliphatic heterocycles. The second kappa shape index (κ2) is 6.82. The van der Waals surface area contributed by atoms with Gasteiger partial charge in [-0.1, -0.05) is 23.8 Å². The van der Waals surface area contributed by atoms with Crippen LogP contribution in [0.4, 0.5) is 4.39 Å². The molecule has 19 heavy (non-hydrogen) atoms. The van der Waals surface area contributed by atoms with Gasteiger partial charge in [-0.25, -0.2) is 4.39 Å². The van der Waals surface area contributed by atoms with Gasteiger partial charge in [0.15, 0.2) is 0 Å². The molecule has 1 amide bonds. The van der Waals surface area contributed by atoms with Gasteiger partial charge in [0.05, 0.1) is 10.6 Å². The maximum Gasteiger partial charge on any atom is 0.257 e. The Kier molecular flexibility index (Phi) is 5.69. The number of amides is 1. The summed E-state index contributed by atoms with van der Waals surface area (Å²) < 4.78 is 13.7. The Bertz CT molecular complexity index is 494. The van der Waals surface area contributed by atoms with Gasteiger partial charge in [-0.3, -0.25) is 4.79 Å². The van der Waals surface area contributed by atoms with Crippen LogP contribution in [-0.4, -0.2) is 28.4 Å². The lowest BCUT2D eigenvalue weighted by molar-refractivity contribution is 0.0707. The molecule has 3 nitrogen and oxygen atoms in total. The van der Waals surface area contributed by atoms with Crippen LogP contribution in [0.1, 0.15) is 30.6 Å². The van der Waals surface area contributed by atoms with E-state index in [0.29, 0.717) is 23.0 Å². The van der Waals surface area contributed by atoms with Crippen molar-refractivity contribution in [3.63, 3.8) is 0 Å². The number of nitrogens with two attached hydrogens (primary N) is 1. The molecule has 0 unspecified atom stereocenters. The van der Waals surface area contributed by atoms with Crippen molar-refractivity contribution in [3.8, 4) is 0 Å². The van der Waals surface area contributed by atoms with E-state index in [1.165, 1.54) is 23.1 Å². The molecular weight excluding hydrogens is 287 g/mol. The molecule has 0 spiro atoms. The molecule has 0 bridgehead atoms. The summed E-state index contributed by atoms with van der Waals surface area (Å²) in [5, 5.41) is 0.322. The second-order valence-corrected chi connectivity index (χ2v) is 5.39. The summed E-state index contributed by atoms with van der Waals surface area (Å²) in [5.41, 5.74) is 5.39. The lowest BCUT2D eigenvalue weighted by Gasteiger charge is -2.27. The largest absolute Gasteiger partial charge is 0.393 e. The van der Waals surface area contributed by atoms with E-state index in [4.69, 9.17) is 29.6 Å². The summed E-state index contributed by atoms with van der Waals surface area (Å²) in [6.07, 6.45) is 0.404. The molecule has 0 radical (unpaired) electrons. The first kappa shape index (κ1) is 15.9. The maximum atomic E-state index is 13.7. The molecule has 104 valence electrons. The first-order valence-electron chi connectivity index (χ1n) is 5.87. The van der Waals surface area contributed by atoms with Crippen molar-refractivity contribution in [2.24, 2.45) is 5.73 Å². The Morgan fingerprint density at radius 1 is 1.53 bits per heavy atom. The van der Waals surface area contributed by atoms with E-state index >= 15 is 0 Å². The maximum absolute atomic E-state index is 13.7. The minimum absolute atomic E-state index is 0.0378. The highest BCUT2D eigenvalue weighted by Crippen LogP contribution is 2.18. The Labute approximate surface area is 122 Å². The molecule has 1 aromatic rings. The van der Waals surface area contributed by atoms with Gasteiger partial charge >= 0.3 is 0 Å². The predicted molar refractivity (Wildman–Crippen MR) is 79.0 cm³/mol. The van der Waals surface area contributed by atoms with Crippen LogP contribution < -0.4 is 5.73 Å². The van der Waals surface area contributed by atoms with Crippen molar-refractivity contribution < 1.29 is 9.18 Å². The van der Waals surface area contributed by atoms with Gasteiger partial charge in [-0.15, -0.1) is 0 Å². The van der Waals surface area contributed by atoms with Crippen LogP contribution >= 0.6 is 23.8 Å². The molecule has 0 heterocycles. The molecule has 1 rings (SSSR count). The average Bonchev–Trinajstić information content (AvgIpc) is 2.31. The van der Waals surface area contributed by atoms with Crippen LogP contribution in [0.3, 0.4) is 0 Å². The van der Waals surface area contributed by atoms with E-state index in [2.05, 4.69) is 0 Å². The number of hydrogen-bond donors (Lipinski definition) is 1. The van der Waals surface area contributed by atoms with Crippen molar-refractivity contribution in [3.05, 3.63) is 34.6 Å². The Morgan fingerprint density at radius 3 is 2.68 bits per heavy atom.